The quantitative estimate of drug-likeness (QED) is 0.855. The molecule has 0 aliphatic carbocycles. The van der Waals surface area contributed by atoms with E-state index in [0.717, 1.165) is 13.1 Å². The zero-order valence-corrected chi connectivity index (χ0v) is 9.61. The average Bonchev–Trinajstić information content (AvgIpc) is 2.45. The van der Waals surface area contributed by atoms with E-state index in [9.17, 15) is 0 Å². The first kappa shape index (κ1) is 11.2. The Morgan fingerprint density at radius 3 is 2.86 bits per heavy atom. The molecule has 0 aromatic carbocycles. The van der Waals surface area contributed by atoms with Gasteiger partial charge in [-0.25, -0.2) is 4.98 Å². The van der Waals surface area contributed by atoms with Crippen LogP contribution >= 0.6 is 22.9 Å². The highest BCUT2D eigenvalue weighted by Crippen LogP contribution is 2.25. The van der Waals surface area contributed by atoms with Crippen molar-refractivity contribution in [2.45, 2.75) is 0 Å². The Hall–Kier alpha value is -0.830. The lowest BCUT2D eigenvalue weighted by Gasteiger charge is -2.08. The van der Waals surface area contributed by atoms with Crippen LogP contribution in [0.25, 0.3) is 0 Å². The second kappa shape index (κ2) is 5.15. The zero-order valence-electron chi connectivity index (χ0n) is 8.04. The van der Waals surface area contributed by atoms with E-state index in [2.05, 4.69) is 15.2 Å². The van der Waals surface area contributed by atoms with Gasteiger partial charge in [0.2, 0.25) is 0 Å². The van der Waals surface area contributed by atoms with Crippen LogP contribution in [0.3, 0.4) is 0 Å². The summed E-state index contributed by atoms with van der Waals surface area (Å²) in [6.45, 7) is 1.71. The molecule has 76 valence electrons. The first-order valence-electron chi connectivity index (χ1n) is 4.08. The van der Waals surface area contributed by atoms with E-state index in [1.165, 1.54) is 11.3 Å². The summed E-state index contributed by atoms with van der Waals surface area (Å²) < 4.78 is 0. The average molecular weight is 231 g/mol. The van der Waals surface area contributed by atoms with Crippen molar-refractivity contribution in [3.05, 3.63) is 10.0 Å². The van der Waals surface area contributed by atoms with E-state index in [0.29, 0.717) is 10.0 Å². The van der Waals surface area contributed by atoms with Crippen LogP contribution in [0.4, 0.5) is 5.13 Å². The molecule has 1 aromatic rings. The van der Waals surface area contributed by atoms with Crippen LogP contribution in [-0.4, -0.2) is 37.1 Å². The molecule has 6 heteroatoms. The third kappa shape index (κ3) is 3.14. The minimum atomic E-state index is 0.282. The molecule has 14 heavy (non-hydrogen) atoms. The Morgan fingerprint density at radius 2 is 2.36 bits per heavy atom. The van der Waals surface area contributed by atoms with Gasteiger partial charge in [0.25, 0.3) is 0 Å². The second-order valence-electron chi connectivity index (χ2n) is 2.98. The molecular weight excluding hydrogens is 220 g/mol. The van der Waals surface area contributed by atoms with Crippen molar-refractivity contribution in [3.63, 3.8) is 0 Å². The number of likely N-dealkylation sites (N-methyl/N-ethyl adjacent to an activating group) is 1. The van der Waals surface area contributed by atoms with Gasteiger partial charge < -0.3 is 10.2 Å². The van der Waals surface area contributed by atoms with Crippen LogP contribution in [0.1, 0.15) is 4.88 Å². The van der Waals surface area contributed by atoms with E-state index in [1.807, 2.05) is 20.2 Å². The second-order valence-corrected chi connectivity index (χ2v) is 4.34. The molecule has 0 aliphatic heterocycles. The molecule has 0 amide bonds. The fraction of sp³-hybridized carbons (Fsp3) is 0.500. The normalized spacial score (nSPS) is 10.2. The number of halogens is 1. The Kier molecular flexibility index (Phi) is 4.14. The van der Waals surface area contributed by atoms with Crippen molar-refractivity contribution in [2.24, 2.45) is 0 Å². The predicted molar refractivity (Wildman–Crippen MR) is 58.9 cm³/mol. The highest BCUT2D eigenvalue weighted by molar-refractivity contribution is 7.16. The van der Waals surface area contributed by atoms with Gasteiger partial charge in [0, 0.05) is 13.1 Å². The molecule has 0 fully saturated rings. The summed E-state index contributed by atoms with van der Waals surface area (Å²) in [6, 6.07) is 1.99. The van der Waals surface area contributed by atoms with Crippen LogP contribution < -0.4 is 5.32 Å². The number of aromatic nitrogens is 1. The van der Waals surface area contributed by atoms with E-state index >= 15 is 0 Å². The molecule has 0 atom stereocenters. The topological polar surface area (TPSA) is 52.0 Å². The van der Waals surface area contributed by atoms with Crippen LogP contribution in [-0.2, 0) is 0 Å². The van der Waals surface area contributed by atoms with Crippen LogP contribution in [0, 0.1) is 11.3 Å². The minimum Gasteiger partial charge on any atom is -0.360 e. The lowest BCUT2D eigenvalue weighted by molar-refractivity contribution is 0.425. The summed E-state index contributed by atoms with van der Waals surface area (Å²) in [5, 5.41) is 12.7. The molecule has 0 spiro atoms. The van der Waals surface area contributed by atoms with Gasteiger partial charge in [-0.05, 0) is 14.1 Å². The summed E-state index contributed by atoms with van der Waals surface area (Å²) in [5.41, 5.74) is 0. The van der Waals surface area contributed by atoms with Crippen molar-refractivity contribution in [1.29, 1.82) is 5.26 Å². The molecule has 0 saturated carbocycles. The molecule has 0 unspecified atom stereocenters. The molecule has 0 saturated heterocycles. The van der Waals surface area contributed by atoms with Gasteiger partial charge in [0.05, 0.1) is 0 Å². The first-order valence-corrected chi connectivity index (χ1v) is 5.28. The van der Waals surface area contributed by atoms with Crippen LogP contribution in [0.15, 0.2) is 0 Å². The predicted octanol–water partition coefficient (Wildman–Crippen LogP) is 1.64. The molecule has 1 heterocycles. The number of nitrogens with one attached hydrogen (secondary N) is 1. The van der Waals surface area contributed by atoms with E-state index in [-0.39, 0.29) is 5.15 Å². The molecule has 1 rings (SSSR count). The van der Waals surface area contributed by atoms with Crippen molar-refractivity contribution in [1.82, 2.24) is 9.88 Å². The molecule has 1 aromatic heterocycles. The summed E-state index contributed by atoms with van der Waals surface area (Å²) in [5.74, 6) is 0. The number of thiazole rings is 1. The van der Waals surface area contributed by atoms with E-state index in [4.69, 9.17) is 16.9 Å². The van der Waals surface area contributed by atoms with Gasteiger partial charge in [0.15, 0.2) is 10.3 Å². The highest BCUT2D eigenvalue weighted by Gasteiger charge is 2.07. The number of nitriles is 1. The van der Waals surface area contributed by atoms with Crippen LogP contribution in [0.2, 0.25) is 5.15 Å². The fourth-order valence-electron chi connectivity index (χ4n) is 0.833. The molecule has 0 aliphatic rings. The zero-order chi connectivity index (χ0) is 10.6. The maximum absolute atomic E-state index is 8.65. The van der Waals surface area contributed by atoms with Crippen molar-refractivity contribution in [3.8, 4) is 6.07 Å². The number of hydrogen-bond donors (Lipinski definition) is 1. The number of nitrogens with zero attached hydrogens (tertiary/aromatic N) is 3. The standard InChI is InChI=1S/C8H11ClN4S/c1-13(2)4-3-11-8-12-7(9)6(5-10)14-8/h3-4H2,1-2H3,(H,11,12). The molecule has 1 N–H and O–H groups in total. The number of hydrogen-bond acceptors (Lipinski definition) is 5. The maximum Gasteiger partial charge on any atom is 0.185 e. The van der Waals surface area contributed by atoms with Gasteiger partial charge >= 0.3 is 0 Å². The Morgan fingerprint density at radius 1 is 1.64 bits per heavy atom. The van der Waals surface area contributed by atoms with Gasteiger partial charge in [0.1, 0.15) is 10.9 Å². The Balaban J connectivity index is 2.48. The van der Waals surface area contributed by atoms with E-state index < -0.39 is 0 Å². The molecule has 0 radical (unpaired) electrons. The fourth-order valence-corrected chi connectivity index (χ4v) is 1.81. The summed E-state index contributed by atoms with van der Waals surface area (Å²) >= 11 is 6.99. The van der Waals surface area contributed by atoms with Crippen molar-refractivity contribution < 1.29 is 0 Å². The first-order chi connectivity index (χ1) is 6.63. The minimum absolute atomic E-state index is 0.282. The molecule has 0 bridgehead atoms. The lowest BCUT2D eigenvalue weighted by atomic mass is 10.6. The molecular formula is C8H11ClN4S. The monoisotopic (exact) mass is 230 g/mol. The number of rotatable bonds is 4. The lowest BCUT2D eigenvalue weighted by Crippen LogP contribution is -2.20. The largest absolute Gasteiger partial charge is 0.360 e. The SMILES string of the molecule is CN(C)CCNc1nc(Cl)c(C#N)s1. The van der Waals surface area contributed by atoms with Gasteiger partial charge in [-0.2, -0.15) is 5.26 Å². The molecule has 4 nitrogen and oxygen atoms in total. The Labute approximate surface area is 92.1 Å². The third-order valence-electron chi connectivity index (χ3n) is 1.52. The van der Waals surface area contributed by atoms with Gasteiger partial charge in [-0.1, -0.05) is 22.9 Å². The van der Waals surface area contributed by atoms with Gasteiger partial charge in [-0.3, -0.25) is 0 Å². The summed E-state index contributed by atoms with van der Waals surface area (Å²) in [4.78, 5) is 6.53. The van der Waals surface area contributed by atoms with Crippen LogP contribution in [0.5, 0.6) is 0 Å². The highest BCUT2D eigenvalue weighted by atomic mass is 35.5. The maximum atomic E-state index is 8.65. The summed E-state index contributed by atoms with van der Waals surface area (Å²) in [7, 11) is 3.99. The van der Waals surface area contributed by atoms with Crippen molar-refractivity contribution in [2.75, 3.05) is 32.5 Å². The smallest absolute Gasteiger partial charge is 0.185 e. The van der Waals surface area contributed by atoms with Crippen molar-refractivity contribution >= 4 is 28.1 Å². The summed E-state index contributed by atoms with van der Waals surface area (Å²) in [6.07, 6.45) is 0. The van der Waals surface area contributed by atoms with E-state index in [1.54, 1.807) is 0 Å². The Bertz CT molecular complexity index is 342. The third-order valence-corrected chi connectivity index (χ3v) is 2.83. The van der Waals surface area contributed by atoms with Gasteiger partial charge in [-0.15, -0.1) is 0 Å². The number of anilines is 1.